The van der Waals surface area contributed by atoms with Gasteiger partial charge in [0.2, 0.25) is 0 Å². The van der Waals surface area contributed by atoms with Crippen molar-refractivity contribution in [3.8, 4) is 5.75 Å². The fraction of sp³-hybridized carbons (Fsp3) is 0.304. The molecule has 1 amide bonds. The number of phenols is 1. The van der Waals surface area contributed by atoms with Crippen LogP contribution in [0.5, 0.6) is 5.75 Å². The van der Waals surface area contributed by atoms with Gasteiger partial charge in [-0.1, -0.05) is 46.1 Å². The van der Waals surface area contributed by atoms with Crippen LogP contribution in [-0.4, -0.2) is 41.0 Å². The van der Waals surface area contributed by atoms with E-state index >= 15 is 0 Å². The van der Waals surface area contributed by atoms with Gasteiger partial charge in [0.25, 0.3) is 5.91 Å². The molecule has 6 nitrogen and oxygen atoms in total. The van der Waals surface area contributed by atoms with Gasteiger partial charge in [0, 0.05) is 36.4 Å². The first-order valence-corrected chi connectivity index (χ1v) is 10.3. The average molecular weight is 447 g/mol. The van der Waals surface area contributed by atoms with Gasteiger partial charge in [-0.3, -0.25) is 9.79 Å². The number of carbonyl (C=O) groups is 1. The maximum Gasteiger partial charge on any atom is 0.258 e. The zero-order chi connectivity index (χ0) is 22.4. The normalized spacial score (nSPS) is 11.9. The van der Waals surface area contributed by atoms with E-state index < -0.39 is 0 Å². The molecule has 0 atom stereocenters. The number of benzene rings is 2. The van der Waals surface area contributed by atoms with E-state index in [4.69, 9.17) is 0 Å². The molecule has 2 aromatic carbocycles. The Kier molecular flexibility index (Phi) is 9.74. The van der Waals surface area contributed by atoms with E-state index in [-0.39, 0.29) is 36.2 Å². The summed E-state index contributed by atoms with van der Waals surface area (Å²) in [6, 6.07) is 5.99. The highest BCUT2D eigenvalue weighted by atomic mass is 32.2. The van der Waals surface area contributed by atoms with Gasteiger partial charge >= 0.3 is 0 Å². The maximum absolute atomic E-state index is 13.2. The molecule has 0 aromatic heterocycles. The molecule has 2 aromatic rings. The van der Waals surface area contributed by atoms with Gasteiger partial charge in [-0.15, -0.1) is 0 Å². The highest BCUT2D eigenvalue weighted by Crippen LogP contribution is 2.47. The number of hydrogen-bond acceptors (Lipinski definition) is 6. The van der Waals surface area contributed by atoms with Crippen LogP contribution < -0.4 is 4.72 Å². The Morgan fingerprint density at radius 1 is 1.32 bits per heavy atom. The number of phenolic OH excluding ortho intramolecular Hbond substituents is 1. The summed E-state index contributed by atoms with van der Waals surface area (Å²) in [6.45, 7) is 11.9. The Labute approximate surface area is 188 Å². The number of rotatable bonds is 7. The highest BCUT2D eigenvalue weighted by Gasteiger charge is 2.36. The Balaban J connectivity index is 0.00000156. The van der Waals surface area contributed by atoms with E-state index in [9.17, 15) is 14.3 Å². The molecule has 0 radical (unpaired) electrons. The molecule has 2 N–H and O–H groups in total. The molecule has 31 heavy (non-hydrogen) atoms. The average Bonchev–Trinajstić information content (AvgIpc) is 3.06. The van der Waals surface area contributed by atoms with Crippen molar-refractivity contribution >= 4 is 42.2 Å². The smallest absolute Gasteiger partial charge is 0.258 e. The summed E-state index contributed by atoms with van der Waals surface area (Å²) in [4.78, 5) is 18.5. The number of aliphatic imine (C=N–C) groups is 1. The summed E-state index contributed by atoms with van der Waals surface area (Å²) in [5, 5.41) is 10.7. The molecule has 168 valence electrons. The van der Waals surface area contributed by atoms with E-state index in [0.717, 1.165) is 5.56 Å². The standard InChI is InChI=1S/C20H21FN4O2S.C2H6.CH4/c1-5-14-17(23-28-24(3)4)15-11-25(10-12-6-8-13(21)9-7-12)20(27)16(15)19(26)18(14)22-2;1-2;/h5-9,23,26H,1-2,10-11H2,3-4H3;1-2H3;1H4. The zero-order valence-electron chi connectivity index (χ0n) is 17.7. The second-order valence-electron chi connectivity index (χ2n) is 6.50. The Bertz CT molecular complexity index is 946. The molecular weight excluding hydrogens is 415 g/mol. The van der Waals surface area contributed by atoms with Crippen LogP contribution in [0.2, 0.25) is 0 Å². The molecule has 0 saturated carbocycles. The fourth-order valence-electron chi connectivity index (χ4n) is 3.15. The maximum atomic E-state index is 13.2. The molecule has 0 saturated heterocycles. The number of carbonyl (C=O) groups excluding carboxylic acids is 1. The first-order chi connectivity index (χ1) is 14.4. The number of hydrogen-bond donors (Lipinski definition) is 2. The number of nitrogens with zero attached hydrogens (tertiary/aromatic N) is 3. The second kappa shape index (κ2) is 11.5. The minimum Gasteiger partial charge on any atom is -0.505 e. The largest absolute Gasteiger partial charge is 0.505 e. The monoisotopic (exact) mass is 446 g/mol. The lowest BCUT2D eigenvalue weighted by molar-refractivity contribution is 0.0764. The van der Waals surface area contributed by atoms with Crippen molar-refractivity contribution in [1.29, 1.82) is 0 Å². The van der Waals surface area contributed by atoms with E-state index in [0.29, 0.717) is 29.9 Å². The lowest BCUT2D eigenvalue weighted by atomic mass is 9.99. The van der Waals surface area contributed by atoms with Gasteiger partial charge < -0.3 is 14.7 Å². The van der Waals surface area contributed by atoms with Gasteiger partial charge in [0.1, 0.15) is 11.5 Å². The lowest BCUT2D eigenvalue weighted by Gasteiger charge is -2.18. The van der Waals surface area contributed by atoms with Gasteiger partial charge in [0.15, 0.2) is 5.75 Å². The number of nitrogens with one attached hydrogen (secondary N) is 1. The summed E-state index contributed by atoms with van der Waals surface area (Å²) in [7, 11) is 3.76. The minimum atomic E-state index is -0.332. The number of anilines is 1. The first-order valence-electron chi connectivity index (χ1n) is 9.52. The van der Waals surface area contributed by atoms with Gasteiger partial charge in [-0.2, -0.15) is 0 Å². The van der Waals surface area contributed by atoms with Gasteiger partial charge in [-0.25, -0.2) is 8.70 Å². The van der Waals surface area contributed by atoms with Crippen LogP contribution in [0.3, 0.4) is 0 Å². The predicted molar refractivity (Wildman–Crippen MR) is 130 cm³/mol. The van der Waals surface area contributed by atoms with Crippen molar-refractivity contribution in [3.05, 3.63) is 58.9 Å². The number of aromatic hydroxyl groups is 1. The molecule has 0 bridgehead atoms. The van der Waals surface area contributed by atoms with E-state index in [2.05, 4.69) is 23.0 Å². The van der Waals surface area contributed by atoms with Gasteiger partial charge in [0.05, 0.1) is 11.3 Å². The van der Waals surface area contributed by atoms with Crippen LogP contribution in [0, 0.1) is 5.82 Å². The third-order valence-corrected chi connectivity index (χ3v) is 5.08. The molecular formula is C23H31FN4O2S. The topological polar surface area (TPSA) is 68.2 Å². The summed E-state index contributed by atoms with van der Waals surface area (Å²) in [5.74, 6) is -0.843. The fourth-order valence-corrected chi connectivity index (χ4v) is 3.66. The van der Waals surface area contributed by atoms with E-state index in [1.54, 1.807) is 23.1 Å². The van der Waals surface area contributed by atoms with Crippen LogP contribution in [0.4, 0.5) is 15.8 Å². The van der Waals surface area contributed by atoms with Crippen LogP contribution >= 0.6 is 12.1 Å². The number of fused-ring (bicyclic) bond motifs is 1. The number of amides is 1. The van der Waals surface area contributed by atoms with Crippen molar-refractivity contribution in [2.24, 2.45) is 4.99 Å². The molecule has 1 aliphatic heterocycles. The highest BCUT2D eigenvalue weighted by molar-refractivity contribution is 7.98. The molecule has 8 heteroatoms. The molecule has 0 aliphatic carbocycles. The van der Waals surface area contributed by atoms with Crippen molar-refractivity contribution < 1.29 is 14.3 Å². The van der Waals surface area contributed by atoms with Crippen LogP contribution in [0.1, 0.15) is 48.3 Å². The van der Waals surface area contributed by atoms with Crippen molar-refractivity contribution in [2.45, 2.75) is 34.4 Å². The molecule has 0 unspecified atom stereocenters. The summed E-state index contributed by atoms with van der Waals surface area (Å²) in [5.41, 5.74) is 3.13. The third-order valence-electron chi connectivity index (χ3n) is 4.42. The van der Waals surface area contributed by atoms with Crippen molar-refractivity contribution in [3.63, 3.8) is 0 Å². The van der Waals surface area contributed by atoms with Gasteiger partial charge in [-0.05, 0) is 38.5 Å². The Hall–Kier alpha value is -2.84. The molecule has 1 aliphatic rings. The van der Waals surface area contributed by atoms with Crippen molar-refractivity contribution in [1.82, 2.24) is 9.21 Å². The molecule has 3 rings (SSSR count). The third kappa shape index (κ3) is 5.45. The van der Waals surface area contributed by atoms with Crippen LogP contribution in [0.15, 0.2) is 35.8 Å². The molecule has 0 spiro atoms. The van der Waals surface area contributed by atoms with E-state index in [1.807, 2.05) is 32.2 Å². The summed E-state index contributed by atoms with van der Waals surface area (Å²) >= 11 is 1.33. The minimum absolute atomic E-state index is 0. The first kappa shape index (κ1) is 26.2. The lowest BCUT2D eigenvalue weighted by Crippen LogP contribution is -2.23. The SMILES string of the molecule is C.C=Cc1c(N=C)c(O)c2c(c1NSN(C)C)CN(Cc1ccc(F)cc1)C2=O.CC. The van der Waals surface area contributed by atoms with Crippen LogP contribution in [0.25, 0.3) is 6.08 Å². The Morgan fingerprint density at radius 3 is 2.45 bits per heavy atom. The summed E-state index contributed by atoms with van der Waals surface area (Å²) in [6.07, 6.45) is 1.58. The van der Waals surface area contributed by atoms with Crippen LogP contribution in [-0.2, 0) is 13.1 Å². The summed E-state index contributed by atoms with van der Waals surface area (Å²) < 4.78 is 18.2. The van der Waals surface area contributed by atoms with Crippen molar-refractivity contribution in [2.75, 3.05) is 18.8 Å². The molecule has 0 fully saturated rings. The zero-order valence-corrected chi connectivity index (χ0v) is 18.5. The predicted octanol–water partition coefficient (Wildman–Crippen LogP) is 5.86. The Morgan fingerprint density at radius 2 is 1.94 bits per heavy atom. The second-order valence-corrected chi connectivity index (χ2v) is 7.61. The quantitative estimate of drug-likeness (QED) is 0.317. The number of halogens is 1. The molecule has 1 heterocycles. The van der Waals surface area contributed by atoms with E-state index in [1.165, 1.54) is 24.3 Å².